The van der Waals surface area contributed by atoms with Gasteiger partial charge in [0.05, 0.1) is 29.0 Å². The van der Waals surface area contributed by atoms with Crippen LogP contribution >= 0.6 is 11.6 Å². The molecule has 1 N–H and O–H groups in total. The second kappa shape index (κ2) is 6.05. The fourth-order valence-corrected chi connectivity index (χ4v) is 2.10. The zero-order valence-electron chi connectivity index (χ0n) is 11.8. The quantitative estimate of drug-likeness (QED) is 0.913. The van der Waals surface area contributed by atoms with Gasteiger partial charge < -0.3 is 19.1 Å². The average molecular weight is 312 g/mol. The van der Waals surface area contributed by atoms with Gasteiger partial charge in [-0.05, 0) is 26.0 Å². The second-order valence-corrected chi connectivity index (χ2v) is 4.79. The summed E-state index contributed by atoms with van der Waals surface area (Å²) in [4.78, 5) is 11.0. The Kier molecular flexibility index (Phi) is 4.37. The van der Waals surface area contributed by atoms with E-state index in [9.17, 15) is 4.79 Å². The van der Waals surface area contributed by atoms with Crippen LogP contribution in [0.25, 0.3) is 0 Å². The minimum Gasteiger partial charge on any atom is -0.493 e. The van der Waals surface area contributed by atoms with Gasteiger partial charge in [0.15, 0.2) is 11.5 Å². The number of aromatic carboxylic acids is 1. The van der Waals surface area contributed by atoms with Crippen molar-refractivity contribution in [3.8, 4) is 11.5 Å². The number of rotatable bonds is 5. The van der Waals surface area contributed by atoms with Crippen molar-refractivity contribution in [2.45, 2.75) is 20.5 Å². The van der Waals surface area contributed by atoms with Crippen LogP contribution in [0.15, 0.2) is 16.7 Å². The summed E-state index contributed by atoms with van der Waals surface area (Å²) >= 11 is 6.07. The molecule has 0 amide bonds. The number of carboxylic acids is 1. The number of carboxylic acid groups (broad SMARTS) is 1. The van der Waals surface area contributed by atoms with Crippen molar-refractivity contribution in [3.63, 3.8) is 0 Å². The molecule has 1 aromatic heterocycles. The number of methoxy groups -OCH3 is 1. The van der Waals surface area contributed by atoms with E-state index in [-0.39, 0.29) is 28.7 Å². The van der Waals surface area contributed by atoms with Gasteiger partial charge >= 0.3 is 5.97 Å². The zero-order valence-corrected chi connectivity index (χ0v) is 12.5. The molecule has 0 aliphatic carbocycles. The lowest BCUT2D eigenvalue weighted by Gasteiger charge is -2.13. The van der Waals surface area contributed by atoms with E-state index >= 15 is 0 Å². The summed E-state index contributed by atoms with van der Waals surface area (Å²) in [7, 11) is 1.42. The lowest BCUT2D eigenvalue weighted by atomic mass is 10.2. The molecule has 0 unspecified atom stereocenters. The highest BCUT2D eigenvalue weighted by atomic mass is 35.5. The van der Waals surface area contributed by atoms with Crippen LogP contribution < -0.4 is 9.47 Å². The first-order valence-electron chi connectivity index (χ1n) is 6.09. The van der Waals surface area contributed by atoms with Gasteiger partial charge in [-0.2, -0.15) is 0 Å². The van der Waals surface area contributed by atoms with Crippen LogP contribution in [0.3, 0.4) is 0 Å². The molecule has 0 saturated heterocycles. The topological polar surface area (TPSA) is 81.8 Å². The summed E-state index contributed by atoms with van der Waals surface area (Å²) in [5.74, 6) is 0.105. The lowest BCUT2D eigenvalue weighted by Crippen LogP contribution is -2.03. The number of hydrogen-bond donors (Lipinski definition) is 1. The van der Waals surface area contributed by atoms with Gasteiger partial charge in [0.25, 0.3) is 0 Å². The minimum atomic E-state index is -1.09. The number of carbonyl (C=O) groups is 1. The Morgan fingerprint density at radius 1 is 1.43 bits per heavy atom. The predicted octanol–water partition coefficient (Wildman–Crippen LogP) is 3.23. The van der Waals surface area contributed by atoms with Gasteiger partial charge in [-0.3, -0.25) is 0 Å². The first kappa shape index (κ1) is 15.2. The molecule has 0 aliphatic heterocycles. The van der Waals surface area contributed by atoms with E-state index in [1.807, 2.05) is 6.92 Å². The fraction of sp³-hybridized carbons (Fsp3) is 0.286. The number of hydrogen-bond acceptors (Lipinski definition) is 5. The third-order valence-corrected chi connectivity index (χ3v) is 3.30. The van der Waals surface area contributed by atoms with Crippen molar-refractivity contribution in [2.75, 3.05) is 7.11 Å². The largest absolute Gasteiger partial charge is 0.493 e. The normalized spacial score (nSPS) is 10.5. The Hall–Kier alpha value is -2.21. The molecule has 7 heteroatoms. The van der Waals surface area contributed by atoms with Gasteiger partial charge in [-0.15, -0.1) is 0 Å². The molecule has 0 radical (unpaired) electrons. The van der Waals surface area contributed by atoms with Crippen molar-refractivity contribution in [1.29, 1.82) is 0 Å². The number of nitrogens with zero attached hydrogens (tertiary/aromatic N) is 1. The Bertz CT molecular complexity index is 661. The number of ether oxygens (including phenoxy) is 2. The Morgan fingerprint density at radius 3 is 2.67 bits per heavy atom. The minimum absolute atomic E-state index is 0.0292. The number of benzene rings is 1. The average Bonchev–Trinajstić information content (AvgIpc) is 2.76. The first-order valence-corrected chi connectivity index (χ1v) is 6.47. The molecule has 1 heterocycles. The van der Waals surface area contributed by atoms with E-state index in [1.165, 1.54) is 19.2 Å². The smallest absolute Gasteiger partial charge is 0.335 e. The molecule has 2 aromatic rings. The summed E-state index contributed by atoms with van der Waals surface area (Å²) in [5, 5.41) is 13.0. The van der Waals surface area contributed by atoms with Crippen molar-refractivity contribution in [1.82, 2.24) is 5.16 Å². The van der Waals surface area contributed by atoms with Crippen LogP contribution in [0.4, 0.5) is 0 Å². The predicted molar refractivity (Wildman–Crippen MR) is 75.3 cm³/mol. The lowest BCUT2D eigenvalue weighted by molar-refractivity contribution is 0.0696. The van der Waals surface area contributed by atoms with E-state index in [2.05, 4.69) is 5.16 Å². The molecule has 2 rings (SSSR count). The molecular weight excluding hydrogens is 298 g/mol. The Balaban J connectivity index is 2.30. The second-order valence-electron chi connectivity index (χ2n) is 4.39. The van der Waals surface area contributed by atoms with E-state index in [0.29, 0.717) is 5.76 Å². The maximum Gasteiger partial charge on any atom is 0.335 e. The Labute approximate surface area is 126 Å². The van der Waals surface area contributed by atoms with Crippen molar-refractivity contribution in [2.24, 2.45) is 0 Å². The summed E-state index contributed by atoms with van der Waals surface area (Å²) in [6.45, 7) is 3.79. The summed E-state index contributed by atoms with van der Waals surface area (Å²) in [6, 6.07) is 2.67. The molecule has 6 nitrogen and oxygen atoms in total. The summed E-state index contributed by atoms with van der Waals surface area (Å²) in [5.41, 5.74) is 1.57. The van der Waals surface area contributed by atoms with Crippen molar-refractivity contribution < 1.29 is 23.9 Å². The van der Waals surface area contributed by atoms with Gasteiger partial charge in [0.1, 0.15) is 12.4 Å². The van der Waals surface area contributed by atoms with E-state index in [0.717, 1.165) is 11.3 Å². The van der Waals surface area contributed by atoms with Gasteiger partial charge in [0, 0.05) is 0 Å². The van der Waals surface area contributed by atoms with Crippen LogP contribution in [0.2, 0.25) is 5.02 Å². The van der Waals surface area contributed by atoms with Crippen LogP contribution in [-0.4, -0.2) is 23.3 Å². The third kappa shape index (κ3) is 3.11. The summed E-state index contributed by atoms with van der Waals surface area (Å²) in [6.07, 6.45) is 0. The molecule has 21 heavy (non-hydrogen) atoms. The molecule has 0 atom stereocenters. The fourth-order valence-electron chi connectivity index (χ4n) is 1.84. The van der Waals surface area contributed by atoms with Crippen LogP contribution in [0.5, 0.6) is 11.5 Å². The van der Waals surface area contributed by atoms with E-state index in [4.69, 9.17) is 30.7 Å². The molecule has 0 aliphatic rings. The van der Waals surface area contributed by atoms with Gasteiger partial charge in [0.2, 0.25) is 0 Å². The van der Waals surface area contributed by atoms with Gasteiger partial charge in [-0.25, -0.2) is 4.79 Å². The van der Waals surface area contributed by atoms with Crippen LogP contribution in [0, 0.1) is 13.8 Å². The van der Waals surface area contributed by atoms with Gasteiger partial charge in [-0.1, -0.05) is 16.8 Å². The first-order chi connectivity index (χ1) is 9.93. The monoisotopic (exact) mass is 311 g/mol. The van der Waals surface area contributed by atoms with E-state index < -0.39 is 5.97 Å². The van der Waals surface area contributed by atoms with Crippen molar-refractivity contribution >= 4 is 17.6 Å². The highest BCUT2D eigenvalue weighted by Crippen LogP contribution is 2.37. The third-order valence-electron chi connectivity index (χ3n) is 3.02. The molecule has 0 bridgehead atoms. The SMILES string of the molecule is COc1cc(C(=O)O)cc(Cl)c1OCc1c(C)noc1C. The standard InChI is InChI=1S/C14H14ClNO5/c1-7-10(8(2)21-16-7)6-20-13-11(15)4-9(14(17)18)5-12(13)19-3/h4-5H,6H2,1-3H3,(H,17,18). The Morgan fingerprint density at radius 2 is 2.14 bits per heavy atom. The maximum absolute atomic E-state index is 11.0. The summed E-state index contributed by atoms with van der Waals surface area (Å²) < 4.78 is 15.8. The molecule has 112 valence electrons. The maximum atomic E-state index is 11.0. The van der Waals surface area contributed by atoms with Crippen molar-refractivity contribution in [3.05, 3.63) is 39.7 Å². The number of aryl methyl sites for hydroxylation is 2. The molecule has 1 aromatic carbocycles. The molecular formula is C14H14ClNO5. The highest BCUT2D eigenvalue weighted by molar-refractivity contribution is 6.32. The molecule has 0 fully saturated rings. The number of aromatic nitrogens is 1. The van der Waals surface area contributed by atoms with Crippen LogP contribution in [0.1, 0.15) is 27.4 Å². The zero-order chi connectivity index (χ0) is 15.6. The highest BCUT2D eigenvalue weighted by Gasteiger charge is 2.17. The number of halogens is 1. The molecule has 0 saturated carbocycles. The van der Waals surface area contributed by atoms with E-state index in [1.54, 1.807) is 6.92 Å². The van der Waals surface area contributed by atoms with Crippen LogP contribution in [-0.2, 0) is 6.61 Å². The molecule has 0 spiro atoms.